The Balaban J connectivity index is 2.88. The summed E-state index contributed by atoms with van der Waals surface area (Å²) in [6.07, 6.45) is 0. The quantitative estimate of drug-likeness (QED) is 0.356. The number of rotatable bonds is 3. The second-order valence-electron chi connectivity index (χ2n) is 3.28. The monoisotopic (exact) mass is 208 g/mol. The Labute approximate surface area is 89.8 Å². The van der Waals surface area contributed by atoms with Gasteiger partial charge in [-0.05, 0) is 31.2 Å². The van der Waals surface area contributed by atoms with Crippen LogP contribution in [0.25, 0.3) is 0 Å². The molecule has 0 amide bonds. The molecule has 0 radical (unpaired) electrons. The second-order valence-corrected chi connectivity index (χ2v) is 3.28. The molecule has 1 aromatic rings. The molecule has 0 aliphatic rings. The largest absolute Gasteiger partial charge is 0.494 e. The number of amidine groups is 1. The van der Waals surface area contributed by atoms with Crippen LogP contribution in [0.15, 0.2) is 29.4 Å². The highest BCUT2D eigenvalue weighted by Gasteiger charge is 2.06. The van der Waals surface area contributed by atoms with Gasteiger partial charge in [0.25, 0.3) is 0 Å². The van der Waals surface area contributed by atoms with Crippen molar-refractivity contribution >= 4 is 5.84 Å². The summed E-state index contributed by atoms with van der Waals surface area (Å²) in [6, 6.07) is 7.43. The maximum Gasteiger partial charge on any atom is 0.174 e. The maximum atomic E-state index is 8.84. The molecule has 0 saturated heterocycles. The number of hydrogen-bond donors (Lipinski definition) is 1. The summed E-state index contributed by atoms with van der Waals surface area (Å²) in [5.74, 6) is 1.34. The van der Waals surface area contributed by atoms with E-state index >= 15 is 0 Å². The van der Waals surface area contributed by atoms with Gasteiger partial charge in [-0.2, -0.15) is 0 Å². The minimum atomic E-state index is 0.526. The van der Waals surface area contributed by atoms with Crippen LogP contribution in [0.2, 0.25) is 0 Å². The molecule has 4 heteroatoms. The average molecular weight is 208 g/mol. The summed E-state index contributed by atoms with van der Waals surface area (Å²) in [5.41, 5.74) is 0.853. The highest BCUT2D eigenvalue weighted by atomic mass is 16.5. The average Bonchev–Trinajstić information content (AvgIpc) is 2.21. The van der Waals surface area contributed by atoms with Crippen LogP contribution in [0.5, 0.6) is 5.75 Å². The number of hydrogen-bond acceptors (Lipinski definition) is 3. The summed E-state index contributed by atoms with van der Waals surface area (Å²) in [5, 5.41) is 12.1. The summed E-state index contributed by atoms with van der Waals surface area (Å²) >= 11 is 0. The van der Waals surface area contributed by atoms with Crippen molar-refractivity contribution in [3.05, 3.63) is 29.8 Å². The van der Waals surface area contributed by atoms with Gasteiger partial charge in [-0.1, -0.05) is 5.16 Å². The minimum absolute atomic E-state index is 0.526. The van der Waals surface area contributed by atoms with Gasteiger partial charge in [0.05, 0.1) is 6.61 Å². The van der Waals surface area contributed by atoms with E-state index in [1.807, 2.05) is 45.3 Å². The Hall–Kier alpha value is -1.71. The van der Waals surface area contributed by atoms with Gasteiger partial charge in [-0.3, -0.25) is 0 Å². The SMILES string of the molecule is CCOc1ccc(/C(=N/O)N(C)C)cc1. The fourth-order valence-corrected chi connectivity index (χ4v) is 1.27. The van der Waals surface area contributed by atoms with Crippen LogP contribution < -0.4 is 4.74 Å². The molecule has 1 N–H and O–H groups in total. The highest BCUT2D eigenvalue weighted by molar-refractivity contribution is 5.98. The van der Waals surface area contributed by atoms with Crippen molar-refractivity contribution in [2.24, 2.45) is 5.16 Å². The van der Waals surface area contributed by atoms with Gasteiger partial charge >= 0.3 is 0 Å². The standard InChI is InChI=1S/C11H16N2O2/c1-4-15-10-7-5-9(6-8-10)11(12-14)13(2)3/h5-8,14H,4H2,1-3H3/b12-11-. The Kier molecular flexibility index (Phi) is 3.97. The molecule has 82 valence electrons. The van der Waals surface area contributed by atoms with Gasteiger partial charge in [0, 0.05) is 19.7 Å². The summed E-state index contributed by atoms with van der Waals surface area (Å²) in [7, 11) is 3.65. The van der Waals surface area contributed by atoms with Crippen molar-refractivity contribution in [3.63, 3.8) is 0 Å². The van der Waals surface area contributed by atoms with E-state index in [2.05, 4.69) is 5.16 Å². The van der Waals surface area contributed by atoms with Crippen LogP contribution in [-0.2, 0) is 0 Å². The molecule has 1 aromatic carbocycles. The maximum absolute atomic E-state index is 8.84. The summed E-state index contributed by atoms with van der Waals surface area (Å²) in [6.45, 7) is 2.59. The fourth-order valence-electron chi connectivity index (χ4n) is 1.27. The summed E-state index contributed by atoms with van der Waals surface area (Å²) in [4.78, 5) is 1.75. The fraction of sp³-hybridized carbons (Fsp3) is 0.364. The molecule has 4 nitrogen and oxygen atoms in total. The molecular formula is C11H16N2O2. The first kappa shape index (κ1) is 11.4. The lowest BCUT2D eigenvalue weighted by Crippen LogP contribution is -2.22. The molecule has 0 bridgehead atoms. The molecular weight excluding hydrogens is 192 g/mol. The Morgan fingerprint density at radius 1 is 1.33 bits per heavy atom. The van der Waals surface area contributed by atoms with Gasteiger partial charge in [0.15, 0.2) is 5.84 Å². The molecule has 0 unspecified atom stereocenters. The predicted molar refractivity (Wildman–Crippen MR) is 59.6 cm³/mol. The van der Waals surface area contributed by atoms with Crippen LogP contribution in [0.1, 0.15) is 12.5 Å². The van der Waals surface area contributed by atoms with Crippen LogP contribution in [0, 0.1) is 0 Å². The third kappa shape index (κ3) is 2.87. The van der Waals surface area contributed by atoms with Crippen LogP contribution in [0.3, 0.4) is 0 Å². The molecule has 0 atom stereocenters. The van der Waals surface area contributed by atoms with E-state index in [1.165, 1.54) is 0 Å². The number of ether oxygens (including phenoxy) is 1. The molecule has 0 aliphatic carbocycles. The van der Waals surface area contributed by atoms with Crippen molar-refractivity contribution in [2.45, 2.75) is 6.92 Å². The Morgan fingerprint density at radius 2 is 1.93 bits per heavy atom. The Bertz CT molecular complexity index is 331. The Morgan fingerprint density at radius 3 is 2.33 bits per heavy atom. The third-order valence-electron chi connectivity index (χ3n) is 1.94. The van der Waals surface area contributed by atoms with E-state index in [0.29, 0.717) is 12.4 Å². The molecule has 0 aliphatic heterocycles. The van der Waals surface area contributed by atoms with Gasteiger partial charge in [-0.15, -0.1) is 0 Å². The molecule has 1 rings (SSSR count). The van der Waals surface area contributed by atoms with Gasteiger partial charge in [-0.25, -0.2) is 0 Å². The third-order valence-corrected chi connectivity index (χ3v) is 1.94. The topological polar surface area (TPSA) is 45.1 Å². The lowest BCUT2D eigenvalue weighted by Gasteiger charge is -2.14. The smallest absolute Gasteiger partial charge is 0.174 e. The number of oxime groups is 1. The minimum Gasteiger partial charge on any atom is -0.494 e. The van der Waals surface area contributed by atoms with Gasteiger partial charge < -0.3 is 14.8 Å². The molecule has 0 aromatic heterocycles. The molecule has 0 fully saturated rings. The van der Waals surface area contributed by atoms with Crippen molar-refractivity contribution in [2.75, 3.05) is 20.7 Å². The summed E-state index contributed by atoms with van der Waals surface area (Å²) < 4.78 is 5.32. The zero-order valence-electron chi connectivity index (χ0n) is 9.27. The molecule has 0 spiro atoms. The molecule has 0 heterocycles. The van der Waals surface area contributed by atoms with E-state index in [4.69, 9.17) is 9.94 Å². The first-order chi connectivity index (χ1) is 7.19. The van der Waals surface area contributed by atoms with Crippen molar-refractivity contribution in [1.82, 2.24) is 4.90 Å². The lowest BCUT2D eigenvalue weighted by atomic mass is 10.2. The van der Waals surface area contributed by atoms with Crippen LogP contribution >= 0.6 is 0 Å². The van der Waals surface area contributed by atoms with E-state index in [-0.39, 0.29) is 0 Å². The first-order valence-corrected chi connectivity index (χ1v) is 4.81. The predicted octanol–water partition coefficient (Wildman–Crippen LogP) is 1.78. The van der Waals surface area contributed by atoms with E-state index in [0.717, 1.165) is 11.3 Å². The van der Waals surface area contributed by atoms with Crippen molar-refractivity contribution in [1.29, 1.82) is 0 Å². The van der Waals surface area contributed by atoms with Crippen LogP contribution in [-0.4, -0.2) is 36.6 Å². The highest BCUT2D eigenvalue weighted by Crippen LogP contribution is 2.13. The van der Waals surface area contributed by atoms with Crippen LogP contribution in [0.4, 0.5) is 0 Å². The number of nitrogens with zero attached hydrogens (tertiary/aromatic N) is 2. The van der Waals surface area contributed by atoms with Gasteiger partial charge in [0.2, 0.25) is 0 Å². The van der Waals surface area contributed by atoms with E-state index in [1.54, 1.807) is 4.90 Å². The molecule has 0 saturated carbocycles. The first-order valence-electron chi connectivity index (χ1n) is 4.81. The van der Waals surface area contributed by atoms with E-state index < -0.39 is 0 Å². The zero-order chi connectivity index (χ0) is 11.3. The van der Waals surface area contributed by atoms with E-state index in [9.17, 15) is 0 Å². The second kappa shape index (κ2) is 5.24. The number of benzene rings is 1. The molecule has 15 heavy (non-hydrogen) atoms. The zero-order valence-corrected chi connectivity index (χ0v) is 9.27. The van der Waals surface area contributed by atoms with Gasteiger partial charge in [0.1, 0.15) is 5.75 Å². The van der Waals surface area contributed by atoms with Crippen molar-refractivity contribution < 1.29 is 9.94 Å². The lowest BCUT2D eigenvalue weighted by molar-refractivity contribution is 0.310. The normalized spacial score (nSPS) is 11.3. The van der Waals surface area contributed by atoms with Crippen molar-refractivity contribution in [3.8, 4) is 5.75 Å².